The summed E-state index contributed by atoms with van der Waals surface area (Å²) in [5.74, 6) is -0.0434. The zero-order chi connectivity index (χ0) is 16.8. The molecule has 1 atom stereocenters. The van der Waals surface area contributed by atoms with Crippen LogP contribution in [0.1, 0.15) is 22.0 Å². The number of rotatable bonds is 6. The standard InChI is InChI=1S/C19H25N3O/c1-21(2)17-12-10-16(11-13-17)19(23)20-14-18(22(3)4)15-8-6-5-7-9-15/h5-13,18H,14H2,1-4H3,(H,20,23). The first-order valence-corrected chi connectivity index (χ1v) is 7.76. The number of nitrogens with zero attached hydrogens (tertiary/aromatic N) is 2. The minimum Gasteiger partial charge on any atom is -0.378 e. The van der Waals surface area contributed by atoms with Crippen LogP contribution >= 0.6 is 0 Å². The fourth-order valence-electron chi connectivity index (χ4n) is 2.48. The van der Waals surface area contributed by atoms with Crippen LogP contribution in [0.4, 0.5) is 5.69 Å². The number of anilines is 1. The first-order valence-electron chi connectivity index (χ1n) is 7.76. The number of hydrogen-bond acceptors (Lipinski definition) is 3. The molecule has 1 N–H and O–H groups in total. The molecule has 0 bridgehead atoms. The van der Waals surface area contributed by atoms with Crippen LogP contribution in [0.15, 0.2) is 54.6 Å². The van der Waals surface area contributed by atoms with E-state index in [0.717, 1.165) is 5.69 Å². The van der Waals surface area contributed by atoms with Crippen molar-refractivity contribution in [1.82, 2.24) is 10.2 Å². The van der Waals surface area contributed by atoms with Gasteiger partial charge in [0.1, 0.15) is 0 Å². The van der Waals surface area contributed by atoms with Crippen molar-refractivity contribution in [2.45, 2.75) is 6.04 Å². The number of nitrogens with one attached hydrogen (secondary N) is 1. The SMILES string of the molecule is CN(C)c1ccc(C(=O)NCC(c2ccccc2)N(C)C)cc1. The summed E-state index contributed by atoms with van der Waals surface area (Å²) in [6, 6.07) is 18.0. The molecule has 0 aliphatic carbocycles. The van der Waals surface area contributed by atoms with Gasteiger partial charge in [0.15, 0.2) is 0 Å². The molecule has 0 heterocycles. The Morgan fingerprint density at radius 2 is 1.57 bits per heavy atom. The average molecular weight is 311 g/mol. The van der Waals surface area contributed by atoms with Crippen LogP contribution in [-0.4, -0.2) is 45.5 Å². The molecule has 1 amide bonds. The Balaban J connectivity index is 2.01. The van der Waals surface area contributed by atoms with Crippen LogP contribution in [0.5, 0.6) is 0 Å². The van der Waals surface area contributed by atoms with Crippen LogP contribution in [0.3, 0.4) is 0 Å². The summed E-state index contributed by atoms with van der Waals surface area (Å²) in [5.41, 5.74) is 2.96. The Morgan fingerprint density at radius 3 is 2.09 bits per heavy atom. The van der Waals surface area contributed by atoms with Crippen LogP contribution in [0, 0.1) is 0 Å². The number of amides is 1. The summed E-state index contributed by atoms with van der Waals surface area (Å²) < 4.78 is 0. The van der Waals surface area contributed by atoms with E-state index in [4.69, 9.17) is 0 Å². The Kier molecular flexibility index (Phi) is 5.77. The van der Waals surface area contributed by atoms with E-state index in [9.17, 15) is 4.79 Å². The Hall–Kier alpha value is -2.33. The van der Waals surface area contributed by atoms with Crippen molar-refractivity contribution in [2.75, 3.05) is 39.6 Å². The van der Waals surface area contributed by atoms with Gasteiger partial charge in [-0.05, 0) is 43.9 Å². The fourth-order valence-corrected chi connectivity index (χ4v) is 2.48. The van der Waals surface area contributed by atoms with E-state index in [2.05, 4.69) is 22.3 Å². The highest BCUT2D eigenvalue weighted by molar-refractivity contribution is 5.94. The third-order valence-corrected chi connectivity index (χ3v) is 3.91. The predicted molar refractivity (Wildman–Crippen MR) is 96.0 cm³/mol. The second-order valence-corrected chi connectivity index (χ2v) is 6.04. The van der Waals surface area contributed by atoms with Gasteiger partial charge in [-0.3, -0.25) is 4.79 Å². The number of hydrogen-bond donors (Lipinski definition) is 1. The van der Waals surface area contributed by atoms with E-state index in [1.165, 1.54) is 5.56 Å². The van der Waals surface area contributed by atoms with E-state index in [1.807, 2.05) is 75.6 Å². The Morgan fingerprint density at radius 1 is 0.957 bits per heavy atom. The second kappa shape index (κ2) is 7.79. The molecule has 2 rings (SSSR count). The summed E-state index contributed by atoms with van der Waals surface area (Å²) in [7, 11) is 8.01. The molecule has 23 heavy (non-hydrogen) atoms. The molecule has 0 radical (unpaired) electrons. The van der Waals surface area contributed by atoms with E-state index in [-0.39, 0.29) is 11.9 Å². The van der Waals surface area contributed by atoms with Gasteiger partial charge >= 0.3 is 0 Å². The zero-order valence-corrected chi connectivity index (χ0v) is 14.3. The summed E-state index contributed by atoms with van der Waals surface area (Å²) in [6.45, 7) is 0.575. The van der Waals surface area contributed by atoms with E-state index in [1.54, 1.807) is 0 Å². The predicted octanol–water partition coefficient (Wildman–Crippen LogP) is 2.79. The van der Waals surface area contributed by atoms with Crippen molar-refractivity contribution in [3.63, 3.8) is 0 Å². The first-order chi connectivity index (χ1) is 11.0. The van der Waals surface area contributed by atoms with Gasteiger partial charge < -0.3 is 15.1 Å². The van der Waals surface area contributed by atoms with Crippen molar-refractivity contribution in [2.24, 2.45) is 0 Å². The maximum Gasteiger partial charge on any atom is 0.251 e. The molecule has 0 saturated heterocycles. The molecule has 2 aromatic rings. The smallest absolute Gasteiger partial charge is 0.251 e. The lowest BCUT2D eigenvalue weighted by atomic mass is 10.1. The van der Waals surface area contributed by atoms with Gasteiger partial charge in [-0.15, -0.1) is 0 Å². The monoisotopic (exact) mass is 311 g/mol. The molecular weight excluding hydrogens is 286 g/mol. The van der Waals surface area contributed by atoms with Gasteiger partial charge in [0.25, 0.3) is 5.91 Å². The molecular formula is C19H25N3O. The molecule has 0 aromatic heterocycles. The Labute approximate surface area is 138 Å². The molecule has 1 unspecified atom stereocenters. The molecule has 0 aliphatic heterocycles. The summed E-state index contributed by atoms with van der Waals surface area (Å²) in [5, 5.41) is 3.03. The quantitative estimate of drug-likeness (QED) is 0.891. The zero-order valence-electron chi connectivity index (χ0n) is 14.3. The molecule has 0 aliphatic rings. The third-order valence-electron chi connectivity index (χ3n) is 3.91. The highest BCUT2D eigenvalue weighted by Gasteiger charge is 2.15. The molecule has 0 saturated carbocycles. The summed E-state index contributed by atoms with van der Waals surface area (Å²) >= 11 is 0. The molecule has 0 fully saturated rings. The highest BCUT2D eigenvalue weighted by atomic mass is 16.1. The van der Waals surface area contributed by atoms with Gasteiger partial charge in [-0.2, -0.15) is 0 Å². The minimum absolute atomic E-state index is 0.0434. The average Bonchev–Trinajstić information content (AvgIpc) is 2.55. The van der Waals surface area contributed by atoms with Crippen molar-refractivity contribution in [3.8, 4) is 0 Å². The maximum absolute atomic E-state index is 12.3. The third kappa shape index (κ3) is 4.57. The normalized spacial score (nSPS) is 12.0. The van der Waals surface area contributed by atoms with E-state index in [0.29, 0.717) is 12.1 Å². The molecule has 4 nitrogen and oxygen atoms in total. The molecule has 4 heteroatoms. The van der Waals surface area contributed by atoms with Gasteiger partial charge in [0.2, 0.25) is 0 Å². The lowest BCUT2D eigenvalue weighted by Gasteiger charge is -2.25. The topological polar surface area (TPSA) is 35.6 Å². The van der Waals surface area contributed by atoms with Crippen LogP contribution in [0.25, 0.3) is 0 Å². The van der Waals surface area contributed by atoms with E-state index >= 15 is 0 Å². The van der Waals surface area contributed by atoms with Gasteiger partial charge in [-0.1, -0.05) is 30.3 Å². The summed E-state index contributed by atoms with van der Waals surface area (Å²) in [4.78, 5) is 16.5. The van der Waals surface area contributed by atoms with Gasteiger partial charge in [0.05, 0.1) is 6.04 Å². The second-order valence-electron chi connectivity index (χ2n) is 6.04. The summed E-state index contributed by atoms with van der Waals surface area (Å²) in [6.07, 6.45) is 0. The molecule has 0 spiro atoms. The van der Waals surface area contributed by atoms with Crippen molar-refractivity contribution in [1.29, 1.82) is 0 Å². The highest BCUT2D eigenvalue weighted by Crippen LogP contribution is 2.17. The van der Waals surface area contributed by atoms with Crippen LogP contribution in [-0.2, 0) is 0 Å². The molecule has 2 aromatic carbocycles. The Bertz CT molecular complexity index is 621. The number of carbonyl (C=O) groups is 1. The molecule has 122 valence electrons. The van der Waals surface area contributed by atoms with Crippen molar-refractivity contribution >= 4 is 11.6 Å². The van der Waals surface area contributed by atoms with Gasteiger partial charge in [-0.25, -0.2) is 0 Å². The number of likely N-dealkylation sites (N-methyl/N-ethyl adjacent to an activating group) is 1. The van der Waals surface area contributed by atoms with Gasteiger partial charge in [0, 0.05) is 31.9 Å². The fraction of sp³-hybridized carbons (Fsp3) is 0.316. The number of carbonyl (C=O) groups excluding carboxylic acids is 1. The number of benzene rings is 2. The lowest BCUT2D eigenvalue weighted by Crippen LogP contribution is -2.34. The van der Waals surface area contributed by atoms with E-state index < -0.39 is 0 Å². The largest absolute Gasteiger partial charge is 0.378 e. The lowest BCUT2D eigenvalue weighted by molar-refractivity contribution is 0.0942. The van der Waals surface area contributed by atoms with Crippen molar-refractivity contribution < 1.29 is 4.79 Å². The first kappa shape index (κ1) is 17.0. The minimum atomic E-state index is -0.0434. The maximum atomic E-state index is 12.3. The van der Waals surface area contributed by atoms with Crippen LogP contribution in [0.2, 0.25) is 0 Å². The van der Waals surface area contributed by atoms with Crippen LogP contribution < -0.4 is 10.2 Å². The van der Waals surface area contributed by atoms with Crippen molar-refractivity contribution in [3.05, 3.63) is 65.7 Å².